The van der Waals surface area contributed by atoms with Gasteiger partial charge in [-0.1, -0.05) is 18.2 Å². The predicted octanol–water partition coefficient (Wildman–Crippen LogP) is 3.37. The number of anilines is 1. The Bertz CT molecular complexity index is 1290. The van der Waals surface area contributed by atoms with Crippen LogP contribution in [0.15, 0.2) is 48.7 Å². The molecule has 7 nitrogen and oxygen atoms in total. The predicted molar refractivity (Wildman–Crippen MR) is 109 cm³/mol. The molecule has 2 amide bonds. The average Bonchev–Trinajstić information content (AvgIpc) is 3.29. The molecule has 0 aliphatic heterocycles. The van der Waals surface area contributed by atoms with Crippen molar-refractivity contribution >= 4 is 39.4 Å². The number of hydrogen-bond acceptors (Lipinski definition) is 3. The lowest BCUT2D eigenvalue weighted by molar-refractivity contribution is -0.146. The van der Waals surface area contributed by atoms with E-state index in [4.69, 9.17) is 0 Å². The molecule has 4 rings (SSSR count). The van der Waals surface area contributed by atoms with Crippen LogP contribution in [0.5, 0.6) is 0 Å². The van der Waals surface area contributed by atoms with E-state index >= 15 is 0 Å². The lowest BCUT2D eigenvalue weighted by Crippen LogP contribution is -2.36. The maximum atomic E-state index is 13.0. The molecule has 0 atom stereocenters. The van der Waals surface area contributed by atoms with Crippen molar-refractivity contribution in [3.63, 3.8) is 0 Å². The van der Waals surface area contributed by atoms with E-state index in [0.29, 0.717) is 6.42 Å². The van der Waals surface area contributed by atoms with Gasteiger partial charge in [0.25, 0.3) is 0 Å². The van der Waals surface area contributed by atoms with Crippen molar-refractivity contribution < 1.29 is 22.8 Å². The summed E-state index contributed by atoms with van der Waals surface area (Å²) in [5.74, 6) is -2.79. The van der Waals surface area contributed by atoms with E-state index in [0.717, 1.165) is 21.0 Å². The highest BCUT2D eigenvalue weighted by atomic mass is 19.4. The van der Waals surface area contributed by atoms with Gasteiger partial charge < -0.3 is 20.2 Å². The van der Waals surface area contributed by atoms with E-state index < -0.39 is 23.8 Å². The zero-order chi connectivity index (χ0) is 22.2. The number of aromatic nitrogens is 3. The third kappa shape index (κ3) is 4.09. The van der Waals surface area contributed by atoms with Gasteiger partial charge in [0.05, 0.1) is 11.0 Å². The van der Waals surface area contributed by atoms with Crippen LogP contribution < -0.4 is 10.6 Å². The minimum Gasteiger partial charge on any atom is -0.361 e. The molecule has 0 aliphatic rings. The Hall–Kier alpha value is -3.82. The first kappa shape index (κ1) is 20.5. The van der Waals surface area contributed by atoms with Crippen LogP contribution in [-0.2, 0) is 29.2 Å². The number of aromatic amines is 1. The summed E-state index contributed by atoms with van der Waals surface area (Å²) >= 11 is 0. The van der Waals surface area contributed by atoms with Crippen molar-refractivity contribution in [1.29, 1.82) is 0 Å². The van der Waals surface area contributed by atoms with E-state index in [9.17, 15) is 22.8 Å². The second-order valence-electron chi connectivity index (χ2n) is 7.02. The van der Waals surface area contributed by atoms with Gasteiger partial charge in [0, 0.05) is 36.4 Å². The standard InChI is InChI=1S/C21H18F3N5O2/c1-29-17-7-6-13(10-16(17)28-20(29)21(22,23)24)27-19(31)18(30)25-9-8-12-11-26-15-5-3-2-4-14(12)15/h2-7,10-11,26H,8-9H2,1H3,(H,25,30)(H,27,31). The molecule has 0 fully saturated rings. The van der Waals surface area contributed by atoms with Gasteiger partial charge in [-0.2, -0.15) is 13.2 Å². The number of benzene rings is 2. The number of alkyl halides is 3. The van der Waals surface area contributed by atoms with Gasteiger partial charge in [-0.05, 0) is 36.2 Å². The monoisotopic (exact) mass is 429 g/mol. The van der Waals surface area contributed by atoms with Crippen molar-refractivity contribution in [2.45, 2.75) is 12.6 Å². The highest BCUT2D eigenvalue weighted by molar-refractivity contribution is 6.39. The number of H-pyrrole nitrogens is 1. The fourth-order valence-electron chi connectivity index (χ4n) is 3.45. The third-order valence-corrected chi connectivity index (χ3v) is 4.95. The van der Waals surface area contributed by atoms with E-state index in [1.807, 2.05) is 30.5 Å². The molecular weight excluding hydrogens is 411 g/mol. The molecule has 0 spiro atoms. The van der Waals surface area contributed by atoms with Gasteiger partial charge in [0.2, 0.25) is 5.82 Å². The lowest BCUT2D eigenvalue weighted by Gasteiger charge is -2.07. The maximum absolute atomic E-state index is 13.0. The van der Waals surface area contributed by atoms with Crippen molar-refractivity contribution in [3.05, 3.63) is 60.0 Å². The fourth-order valence-corrected chi connectivity index (χ4v) is 3.45. The fraction of sp³-hybridized carbons (Fsp3) is 0.190. The van der Waals surface area contributed by atoms with Crippen LogP contribution in [0.25, 0.3) is 21.9 Å². The van der Waals surface area contributed by atoms with Gasteiger partial charge in [-0.15, -0.1) is 0 Å². The Morgan fingerprint density at radius 1 is 1.13 bits per heavy atom. The zero-order valence-corrected chi connectivity index (χ0v) is 16.4. The Balaban J connectivity index is 1.38. The molecule has 0 radical (unpaired) electrons. The largest absolute Gasteiger partial charge is 0.449 e. The van der Waals surface area contributed by atoms with Crippen molar-refractivity contribution in [3.8, 4) is 0 Å². The van der Waals surface area contributed by atoms with Crippen LogP contribution in [0.1, 0.15) is 11.4 Å². The summed E-state index contributed by atoms with van der Waals surface area (Å²) in [6.45, 7) is 0.252. The van der Waals surface area contributed by atoms with Crippen LogP contribution in [-0.4, -0.2) is 32.9 Å². The Labute approximate surface area is 174 Å². The number of imidazole rings is 1. The number of amides is 2. The Morgan fingerprint density at radius 2 is 1.90 bits per heavy atom. The first-order valence-electron chi connectivity index (χ1n) is 9.42. The quantitative estimate of drug-likeness (QED) is 0.435. The summed E-state index contributed by atoms with van der Waals surface area (Å²) in [7, 11) is 1.26. The van der Waals surface area contributed by atoms with Crippen molar-refractivity contribution in [1.82, 2.24) is 19.9 Å². The molecule has 2 heterocycles. The second kappa shape index (κ2) is 7.78. The molecule has 160 valence electrons. The molecule has 3 N–H and O–H groups in total. The number of carbonyl (C=O) groups is 2. The summed E-state index contributed by atoms with van der Waals surface area (Å²) < 4.78 is 39.9. The number of para-hydroxylation sites is 1. The summed E-state index contributed by atoms with van der Waals surface area (Å²) in [5.41, 5.74) is 2.49. The molecule has 0 saturated carbocycles. The number of carbonyl (C=O) groups excluding carboxylic acids is 2. The maximum Gasteiger partial charge on any atom is 0.449 e. The number of rotatable bonds is 4. The lowest BCUT2D eigenvalue weighted by atomic mass is 10.1. The van der Waals surface area contributed by atoms with Gasteiger partial charge in [0.15, 0.2) is 0 Å². The molecule has 0 bridgehead atoms. The van der Waals surface area contributed by atoms with Crippen LogP contribution >= 0.6 is 0 Å². The van der Waals surface area contributed by atoms with E-state index in [1.54, 1.807) is 0 Å². The molecular formula is C21H18F3N5O2. The van der Waals surface area contributed by atoms with Gasteiger partial charge in [-0.3, -0.25) is 9.59 Å². The molecule has 31 heavy (non-hydrogen) atoms. The summed E-state index contributed by atoms with van der Waals surface area (Å²) in [5, 5.41) is 5.97. The summed E-state index contributed by atoms with van der Waals surface area (Å²) in [4.78, 5) is 31.0. The van der Waals surface area contributed by atoms with E-state index in [2.05, 4.69) is 20.6 Å². The smallest absolute Gasteiger partial charge is 0.361 e. The normalized spacial score (nSPS) is 11.7. The topological polar surface area (TPSA) is 91.8 Å². The Kier molecular flexibility index (Phi) is 5.14. The Morgan fingerprint density at radius 3 is 2.68 bits per heavy atom. The van der Waals surface area contributed by atoms with Crippen molar-refractivity contribution in [2.75, 3.05) is 11.9 Å². The number of aryl methyl sites for hydroxylation is 1. The second-order valence-corrected chi connectivity index (χ2v) is 7.02. The molecule has 0 saturated heterocycles. The molecule has 4 aromatic rings. The number of nitrogens with zero attached hydrogens (tertiary/aromatic N) is 2. The van der Waals surface area contributed by atoms with Crippen LogP contribution in [0, 0.1) is 0 Å². The molecule has 10 heteroatoms. The molecule has 0 aliphatic carbocycles. The average molecular weight is 429 g/mol. The van der Waals surface area contributed by atoms with Crippen LogP contribution in [0.3, 0.4) is 0 Å². The molecule has 2 aromatic heterocycles. The van der Waals surface area contributed by atoms with E-state index in [-0.39, 0.29) is 23.3 Å². The SMILES string of the molecule is Cn1c(C(F)(F)F)nc2cc(NC(=O)C(=O)NCCc3c[nH]c4ccccc34)ccc21. The number of halogens is 3. The molecule has 2 aromatic carbocycles. The third-order valence-electron chi connectivity index (χ3n) is 4.95. The van der Waals surface area contributed by atoms with Gasteiger partial charge in [0.1, 0.15) is 0 Å². The highest BCUT2D eigenvalue weighted by Gasteiger charge is 2.36. The summed E-state index contributed by atoms with van der Waals surface area (Å²) in [6, 6.07) is 11.9. The minimum atomic E-state index is -4.60. The highest BCUT2D eigenvalue weighted by Crippen LogP contribution is 2.31. The van der Waals surface area contributed by atoms with Crippen LogP contribution in [0.2, 0.25) is 0 Å². The summed E-state index contributed by atoms with van der Waals surface area (Å²) in [6.07, 6.45) is -2.21. The number of nitrogens with one attached hydrogen (secondary N) is 3. The van der Waals surface area contributed by atoms with Crippen LogP contribution in [0.4, 0.5) is 18.9 Å². The van der Waals surface area contributed by atoms with Gasteiger partial charge in [-0.25, -0.2) is 4.98 Å². The van der Waals surface area contributed by atoms with Gasteiger partial charge >= 0.3 is 18.0 Å². The van der Waals surface area contributed by atoms with Crippen molar-refractivity contribution in [2.24, 2.45) is 7.05 Å². The first-order chi connectivity index (χ1) is 14.7. The minimum absolute atomic E-state index is 0.0624. The number of fused-ring (bicyclic) bond motifs is 2. The van der Waals surface area contributed by atoms with E-state index in [1.165, 1.54) is 25.2 Å². The first-order valence-corrected chi connectivity index (χ1v) is 9.42. The number of hydrogen-bond donors (Lipinski definition) is 3. The molecule has 0 unspecified atom stereocenters. The zero-order valence-electron chi connectivity index (χ0n) is 16.4.